The Morgan fingerprint density at radius 2 is 2.08 bits per heavy atom. The van der Waals surface area contributed by atoms with Crippen LogP contribution in [0.5, 0.6) is 0 Å². The van der Waals surface area contributed by atoms with Crippen LogP contribution in [0.1, 0.15) is 34.1 Å². The van der Waals surface area contributed by atoms with Crippen LogP contribution in [0.15, 0.2) is 0 Å². The average molecular weight is 205 g/mol. The molecule has 4 heteroatoms. The molecule has 0 aliphatic rings. The summed E-state index contributed by atoms with van der Waals surface area (Å²) in [5, 5.41) is 2.74. The van der Waals surface area contributed by atoms with E-state index in [1.165, 1.54) is 0 Å². The zero-order chi connectivity index (χ0) is 10.5. The van der Waals surface area contributed by atoms with Crippen LogP contribution in [0, 0.1) is 0 Å². The number of thiol groups is 1. The number of hydrogen-bond acceptors (Lipinski definition) is 3. The van der Waals surface area contributed by atoms with Crippen molar-refractivity contribution in [2.45, 2.75) is 45.8 Å². The second-order valence-electron chi connectivity index (χ2n) is 3.93. The van der Waals surface area contributed by atoms with E-state index in [0.29, 0.717) is 5.75 Å². The zero-order valence-electron chi connectivity index (χ0n) is 8.76. The van der Waals surface area contributed by atoms with Gasteiger partial charge in [-0.3, -0.25) is 0 Å². The molecule has 0 heterocycles. The van der Waals surface area contributed by atoms with Crippen LogP contribution in [-0.4, -0.2) is 23.5 Å². The number of rotatable bonds is 3. The van der Waals surface area contributed by atoms with Crippen LogP contribution in [0.3, 0.4) is 0 Å². The van der Waals surface area contributed by atoms with Gasteiger partial charge in [0, 0.05) is 11.8 Å². The first-order valence-corrected chi connectivity index (χ1v) is 5.12. The van der Waals surface area contributed by atoms with Crippen LogP contribution in [-0.2, 0) is 4.74 Å². The van der Waals surface area contributed by atoms with Gasteiger partial charge in [-0.1, -0.05) is 6.92 Å². The Kier molecular flexibility index (Phi) is 5.21. The molecular formula is C9H19NO2S. The number of nitrogens with one attached hydrogen (secondary N) is 1. The smallest absolute Gasteiger partial charge is 0.407 e. The van der Waals surface area contributed by atoms with E-state index in [4.69, 9.17) is 4.74 Å². The highest BCUT2D eigenvalue weighted by Crippen LogP contribution is 2.07. The molecule has 0 aromatic carbocycles. The van der Waals surface area contributed by atoms with Gasteiger partial charge in [0.25, 0.3) is 0 Å². The molecule has 1 atom stereocenters. The summed E-state index contributed by atoms with van der Waals surface area (Å²) in [5.41, 5.74) is -0.432. The molecule has 13 heavy (non-hydrogen) atoms. The lowest BCUT2D eigenvalue weighted by atomic mass is 10.2. The zero-order valence-corrected chi connectivity index (χ0v) is 9.65. The van der Waals surface area contributed by atoms with Gasteiger partial charge in [0.15, 0.2) is 0 Å². The van der Waals surface area contributed by atoms with Gasteiger partial charge in [-0.2, -0.15) is 12.6 Å². The lowest BCUT2D eigenvalue weighted by Gasteiger charge is -2.22. The van der Waals surface area contributed by atoms with Crippen molar-refractivity contribution in [3.05, 3.63) is 0 Å². The van der Waals surface area contributed by atoms with E-state index in [-0.39, 0.29) is 12.1 Å². The highest BCUT2D eigenvalue weighted by Gasteiger charge is 2.17. The maximum Gasteiger partial charge on any atom is 0.407 e. The van der Waals surface area contributed by atoms with Crippen molar-refractivity contribution in [2.24, 2.45) is 0 Å². The molecular weight excluding hydrogens is 186 g/mol. The van der Waals surface area contributed by atoms with Crippen molar-refractivity contribution in [2.75, 3.05) is 5.75 Å². The van der Waals surface area contributed by atoms with Gasteiger partial charge < -0.3 is 10.1 Å². The molecule has 0 aromatic heterocycles. The Hall–Kier alpha value is -0.380. The van der Waals surface area contributed by atoms with E-state index in [1.54, 1.807) is 0 Å². The van der Waals surface area contributed by atoms with Crippen LogP contribution < -0.4 is 5.32 Å². The van der Waals surface area contributed by atoms with E-state index in [9.17, 15) is 4.79 Å². The molecule has 0 saturated carbocycles. The van der Waals surface area contributed by atoms with Gasteiger partial charge in [-0.15, -0.1) is 0 Å². The summed E-state index contributed by atoms with van der Waals surface area (Å²) in [4.78, 5) is 11.2. The third-order valence-electron chi connectivity index (χ3n) is 1.43. The Labute approximate surface area is 85.6 Å². The molecule has 1 N–H and O–H groups in total. The van der Waals surface area contributed by atoms with E-state index in [2.05, 4.69) is 17.9 Å². The predicted molar refractivity (Wildman–Crippen MR) is 57.3 cm³/mol. The van der Waals surface area contributed by atoms with Crippen LogP contribution in [0.25, 0.3) is 0 Å². The minimum Gasteiger partial charge on any atom is -0.444 e. The van der Waals surface area contributed by atoms with E-state index < -0.39 is 5.60 Å². The molecule has 0 spiro atoms. The molecule has 0 aromatic rings. The molecule has 0 bridgehead atoms. The fraction of sp³-hybridized carbons (Fsp3) is 0.889. The summed E-state index contributed by atoms with van der Waals surface area (Å²) in [7, 11) is 0. The van der Waals surface area contributed by atoms with Gasteiger partial charge in [0.1, 0.15) is 5.60 Å². The molecule has 3 nitrogen and oxygen atoms in total. The Morgan fingerprint density at radius 3 is 2.38 bits per heavy atom. The van der Waals surface area contributed by atoms with Crippen molar-refractivity contribution in [3.8, 4) is 0 Å². The highest BCUT2D eigenvalue weighted by molar-refractivity contribution is 7.80. The normalized spacial score (nSPS) is 13.6. The number of amides is 1. The molecule has 0 fully saturated rings. The van der Waals surface area contributed by atoms with Gasteiger partial charge in [-0.05, 0) is 27.2 Å². The Bertz CT molecular complexity index is 161. The summed E-state index contributed by atoms with van der Waals surface area (Å²) < 4.78 is 5.09. The van der Waals surface area contributed by atoms with Crippen molar-refractivity contribution in [3.63, 3.8) is 0 Å². The van der Waals surface area contributed by atoms with Gasteiger partial charge in [0.2, 0.25) is 0 Å². The quantitative estimate of drug-likeness (QED) is 0.693. The van der Waals surface area contributed by atoms with Gasteiger partial charge in [-0.25, -0.2) is 4.79 Å². The van der Waals surface area contributed by atoms with E-state index in [1.807, 2.05) is 27.7 Å². The van der Waals surface area contributed by atoms with Crippen LogP contribution in [0.2, 0.25) is 0 Å². The second-order valence-corrected chi connectivity index (χ2v) is 4.30. The largest absolute Gasteiger partial charge is 0.444 e. The first-order chi connectivity index (χ1) is 5.89. The summed E-state index contributed by atoms with van der Waals surface area (Å²) in [6.07, 6.45) is 0.497. The first-order valence-electron chi connectivity index (χ1n) is 4.49. The van der Waals surface area contributed by atoms with Crippen LogP contribution >= 0.6 is 12.6 Å². The monoisotopic (exact) mass is 205 g/mol. The number of alkyl carbamates (subject to hydrolysis) is 1. The maximum absolute atomic E-state index is 11.2. The Morgan fingerprint density at radius 1 is 1.54 bits per heavy atom. The number of hydrogen-bond donors (Lipinski definition) is 2. The van der Waals surface area contributed by atoms with Gasteiger partial charge >= 0.3 is 6.09 Å². The van der Waals surface area contributed by atoms with Gasteiger partial charge in [0.05, 0.1) is 0 Å². The molecule has 1 unspecified atom stereocenters. The summed E-state index contributed by atoms with van der Waals surface area (Å²) >= 11 is 4.11. The van der Waals surface area contributed by atoms with Crippen LogP contribution in [0.4, 0.5) is 4.79 Å². The first kappa shape index (κ1) is 12.6. The average Bonchev–Trinajstić information content (AvgIpc) is 1.96. The highest BCUT2D eigenvalue weighted by atomic mass is 32.1. The van der Waals surface area contributed by atoms with E-state index >= 15 is 0 Å². The number of carbonyl (C=O) groups is 1. The molecule has 1 amide bonds. The summed E-state index contributed by atoms with van der Waals surface area (Å²) in [6.45, 7) is 7.52. The lowest BCUT2D eigenvalue weighted by Crippen LogP contribution is -2.39. The van der Waals surface area contributed by atoms with Crippen molar-refractivity contribution < 1.29 is 9.53 Å². The molecule has 0 aliphatic heterocycles. The van der Waals surface area contributed by atoms with Crippen molar-refractivity contribution in [1.82, 2.24) is 5.32 Å². The maximum atomic E-state index is 11.2. The molecule has 78 valence electrons. The van der Waals surface area contributed by atoms with Crippen molar-refractivity contribution in [1.29, 1.82) is 0 Å². The lowest BCUT2D eigenvalue weighted by molar-refractivity contribution is 0.0508. The second kappa shape index (κ2) is 5.37. The minimum absolute atomic E-state index is 0.0955. The molecule has 0 rings (SSSR count). The fourth-order valence-corrected chi connectivity index (χ4v) is 1.10. The third kappa shape index (κ3) is 6.75. The third-order valence-corrected chi connectivity index (χ3v) is 1.87. The fourth-order valence-electron chi connectivity index (χ4n) is 0.751. The SMILES string of the molecule is CCC(CS)NC(=O)OC(C)(C)C. The predicted octanol–water partition coefficient (Wildman–Crippen LogP) is 2.22. The van der Waals surface area contributed by atoms with E-state index in [0.717, 1.165) is 6.42 Å². The number of carbonyl (C=O) groups excluding carboxylic acids is 1. The molecule has 0 aliphatic carbocycles. The molecule has 0 radical (unpaired) electrons. The Balaban J connectivity index is 3.86. The number of ether oxygens (including phenoxy) is 1. The topological polar surface area (TPSA) is 38.3 Å². The summed E-state index contributed by atoms with van der Waals surface area (Å²) in [5.74, 6) is 0.635. The standard InChI is InChI=1S/C9H19NO2S/c1-5-7(6-13)10-8(11)12-9(2,3)4/h7,13H,5-6H2,1-4H3,(H,10,11). The summed E-state index contributed by atoms with van der Waals surface area (Å²) in [6, 6.07) is 0.0955. The molecule has 0 saturated heterocycles. The minimum atomic E-state index is -0.432. The van der Waals surface area contributed by atoms with Crippen molar-refractivity contribution >= 4 is 18.7 Å².